The van der Waals surface area contributed by atoms with Gasteiger partial charge in [0.05, 0.1) is 50.2 Å². The van der Waals surface area contributed by atoms with Gasteiger partial charge in [0.1, 0.15) is 0 Å². The maximum atomic E-state index is 12.8. The van der Waals surface area contributed by atoms with Gasteiger partial charge in [0.25, 0.3) is 0 Å². The molecule has 1 saturated carbocycles. The number of aromatic nitrogens is 1. The number of carbonyl (C=O) groups excluding carboxylic acids is 1. The summed E-state index contributed by atoms with van der Waals surface area (Å²) in [6, 6.07) is 6.05. The van der Waals surface area contributed by atoms with Crippen molar-refractivity contribution in [2.45, 2.75) is 38.0 Å². The van der Waals surface area contributed by atoms with Crippen molar-refractivity contribution < 1.29 is 19.0 Å². The van der Waals surface area contributed by atoms with Crippen LogP contribution in [-0.4, -0.2) is 60.9 Å². The van der Waals surface area contributed by atoms with Crippen LogP contribution >= 0.6 is 0 Å². The van der Waals surface area contributed by atoms with E-state index in [1.165, 1.54) is 0 Å². The summed E-state index contributed by atoms with van der Waals surface area (Å²) in [6.45, 7) is 3.86. The lowest BCUT2D eigenvalue weighted by atomic mass is 10.0. The zero-order valence-electron chi connectivity index (χ0n) is 14.5. The average Bonchev–Trinajstić information content (AvgIpc) is 3.31. The Morgan fingerprint density at radius 1 is 1.32 bits per heavy atom. The molecule has 6 heteroatoms. The minimum atomic E-state index is 0.0400. The summed E-state index contributed by atoms with van der Waals surface area (Å²) in [6.07, 6.45) is 4.73. The molecule has 4 rings (SSSR count). The number of amides is 1. The molecule has 0 unspecified atom stereocenters. The van der Waals surface area contributed by atoms with E-state index in [0.717, 1.165) is 25.0 Å². The topological polar surface area (TPSA) is 60.9 Å². The standard InChI is InChI=1S/C19H26N2O4/c22-19(15-4-7-23-12-15)21-6-8-25-18-10-14(9-17(18)21)11-24-13-16-3-1-2-5-20-16/h1-3,5,14-15,17-18H,4,6-13H2/t14-,15-,17+,18-/m1/s1. The first-order valence-electron chi connectivity index (χ1n) is 9.29. The van der Waals surface area contributed by atoms with Gasteiger partial charge < -0.3 is 19.1 Å². The molecule has 136 valence electrons. The van der Waals surface area contributed by atoms with Gasteiger partial charge in [-0.25, -0.2) is 0 Å². The summed E-state index contributed by atoms with van der Waals surface area (Å²) < 4.78 is 17.2. The lowest BCUT2D eigenvalue weighted by Crippen LogP contribution is -2.53. The molecule has 0 N–H and O–H groups in total. The Hall–Kier alpha value is -1.50. The van der Waals surface area contributed by atoms with Crippen molar-refractivity contribution in [2.75, 3.05) is 33.0 Å². The molecule has 3 aliphatic rings. The second kappa shape index (κ2) is 7.81. The van der Waals surface area contributed by atoms with Gasteiger partial charge in [0, 0.05) is 19.3 Å². The number of nitrogens with zero attached hydrogens (tertiary/aromatic N) is 2. The Bertz CT molecular complexity index is 576. The molecule has 1 aliphatic carbocycles. The number of carbonyl (C=O) groups is 1. The van der Waals surface area contributed by atoms with Gasteiger partial charge >= 0.3 is 0 Å². The van der Waals surface area contributed by atoms with E-state index >= 15 is 0 Å². The van der Waals surface area contributed by atoms with Crippen molar-refractivity contribution in [3.8, 4) is 0 Å². The van der Waals surface area contributed by atoms with Crippen LogP contribution in [0, 0.1) is 11.8 Å². The number of pyridine rings is 1. The van der Waals surface area contributed by atoms with Gasteiger partial charge in [-0.1, -0.05) is 6.07 Å². The van der Waals surface area contributed by atoms with Crippen molar-refractivity contribution >= 4 is 5.91 Å². The number of morpholine rings is 1. The third-order valence-corrected chi connectivity index (χ3v) is 5.53. The van der Waals surface area contributed by atoms with E-state index in [9.17, 15) is 4.79 Å². The summed E-state index contributed by atoms with van der Waals surface area (Å²) in [5.74, 6) is 0.732. The largest absolute Gasteiger partial charge is 0.381 e. The van der Waals surface area contributed by atoms with E-state index in [1.807, 2.05) is 18.2 Å². The maximum absolute atomic E-state index is 12.8. The molecular weight excluding hydrogens is 320 g/mol. The van der Waals surface area contributed by atoms with Crippen LogP contribution < -0.4 is 0 Å². The smallest absolute Gasteiger partial charge is 0.228 e. The Morgan fingerprint density at radius 2 is 2.28 bits per heavy atom. The van der Waals surface area contributed by atoms with E-state index in [-0.39, 0.29) is 24.0 Å². The minimum absolute atomic E-state index is 0.0400. The highest BCUT2D eigenvalue weighted by Crippen LogP contribution is 2.35. The molecule has 1 aromatic rings. The highest BCUT2D eigenvalue weighted by Gasteiger charge is 2.44. The fourth-order valence-electron chi connectivity index (χ4n) is 4.24. The van der Waals surface area contributed by atoms with Crippen LogP contribution in [0.1, 0.15) is 25.0 Å². The molecule has 0 aromatic carbocycles. The Labute approximate surface area is 148 Å². The normalized spacial score (nSPS) is 31.9. The van der Waals surface area contributed by atoms with E-state index in [1.54, 1.807) is 6.20 Å². The van der Waals surface area contributed by atoms with Crippen molar-refractivity contribution in [3.05, 3.63) is 30.1 Å². The quantitative estimate of drug-likeness (QED) is 0.811. The van der Waals surface area contributed by atoms with E-state index in [4.69, 9.17) is 14.2 Å². The van der Waals surface area contributed by atoms with Gasteiger partial charge in [-0.2, -0.15) is 0 Å². The van der Waals surface area contributed by atoms with Crippen molar-refractivity contribution in [1.29, 1.82) is 0 Å². The van der Waals surface area contributed by atoms with Crippen LogP contribution in [0.4, 0.5) is 0 Å². The fourth-order valence-corrected chi connectivity index (χ4v) is 4.24. The Morgan fingerprint density at radius 3 is 3.08 bits per heavy atom. The van der Waals surface area contributed by atoms with Crippen molar-refractivity contribution in [3.63, 3.8) is 0 Å². The zero-order valence-corrected chi connectivity index (χ0v) is 14.5. The van der Waals surface area contributed by atoms with Gasteiger partial charge in [-0.3, -0.25) is 9.78 Å². The molecule has 3 heterocycles. The fraction of sp³-hybridized carbons (Fsp3) is 0.684. The van der Waals surface area contributed by atoms with Crippen molar-refractivity contribution in [1.82, 2.24) is 9.88 Å². The molecule has 2 aliphatic heterocycles. The van der Waals surface area contributed by atoms with Gasteiger partial charge in [0.2, 0.25) is 5.91 Å². The van der Waals surface area contributed by atoms with Crippen LogP contribution in [0.25, 0.3) is 0 Å². The SMILES string of the molecule is O=C([C@@H]1CCOC1)N1CCO[C@@H]2C[C@H](COCc3ccccn3)C[C@@H]21. The lowest BCUT2D eigenvalue weighted by molar-refractivity contribution is -0.148. The molecular formula is C19H26N2O4. The molecule has 1 amide bonds. The highest BCUT2D eigenvalue weighted by atomic mass is 16.5. The number of hydrogen-bond donors (Lipinski definition) is 0. The van der Waals surface area contributed by atoms with Gasteiger partial charge in [-0.05, 0) is 37.3 Å². The predicted molar refractivity (Wildman–Crippen MR) is 90.8 cm³/mol. The Balaban J connectivity index is 1.30. The molecule has 4 atom stereocenters. The molecule has 25 heavy (non-hydrogen) atoms. The summed E-state index contributed by atoms with van der Waals surface area (Å²) >= 11 is 0. The van der Waals surface area contributed by atoms with E-state index in [2.05, 4.69) is 9.88 Å². The lowest BCUT2D eigenvalue weighted by Gasteiger charge is -2.38. The van der Waals surface area contributed by atoms with E-state index in [0.29, 0.717) is 45.5 Å². The number of ether oxygens (including phenoxy) is 3. The van der Waals surface area contributed by atoms with Gasteiger partial charge in [0.15, 0.2) is 0 Å². The minimum Gasteiger partial charge on any atom is -0.381 e. The number of fused-ring (bicyclic) bond motifs is 1. The molecule has 1 aromatic heterocycles. The van der Waals surface area contributed by atoms with Crippen LogP contribution in [0.5, 0.6) is 0 Å². The first-order valence-corrected chi connectivity index (χ1v) is 9.29. The first kappa shape index (κ1) is 16.9. The van der Waals surface area contributed by atoms with E-state index < -0.39 is 0 Å². The molecule has 0 bridgehead atoms. The third kappa shape index (κ3) is 3.86. The van der Waals surface area contributed by atoms with Crippen LogP contribution in [-0.2, 0) is 25.6 Å². The molecule has 0 spiro atoms. The van der Waals surface area contributed by atoms with Crippen molar-refractivity contribution in [2.24, 2.45) is 11.8 Å². The summed E-state index contributed by atoms with van der Waals surface area (Å²) in [5.41, 5.74) is 0.951. The summed E-state index contributed by atoms with van der Waals surface area (Å²) in [7, 11) is 0. The summed E-state index contributed by atoms with van der Waals surface area (Å²) in [5, 5.41) is 0. The summed E-state index contributed by atoms with van der Waals surface area (Å²) in [4.78, 5) is 19.1. The zero-order chi connectivity index (χ0) is 17.1. The molecule has 0 radical (unpaired) electrons. The maximum Gasteiger partial charge on any atom is 0.228 e. The van der Waals surface area contributed by atoms with Crippen LogP contribution in [0.2, 0.25) is 0 Å². The molecule has 6 nitrogen and oxygen atoms in total. The highest BCUT2D eigenvalue weighted by molar-refractivity contribution is 5.79. The monoisotopic (exact) mass is 346 g/mol. The Kier molecular flexibility index (Phi) is 5.29. The second-order valence-corrected chi connectivity index (χ2v) is 7.24. The predicted octanol–water partition coefficient (Wildman–Crippen LogP) is 1.64. The van der Waals surface area contributed by atoms with Crippen LogP contribution in [0.3, 0.4) is 0 Å². The van der Waals surface area contributed by atoms with Gasteiger partial charge in [-0.15, -0.1) is 0 Å². The first-order chi connectivity index (χ1) is 12.3. The molecule has 3 fully saturated rings. The molecule has 2 saturated heterocycles. The number of rotatable bonds is 5. The second-order valence-electron chi connectivity index (χ2n) is 7.24. The number of hydrogen-bond acceptors (Lipinski definition) is 5. The average molecular weight is 346 g/mol. The third-order valence-electron chi connectivity index (χ3n) is 5.53. The van der Waals surface area contributed by atoms with Crippen LogP contribution in [0.15, 0.2) is 24.4 Å².